The summed E-state index contributed by atoms with van der Waals surface area (Å²) in [6, 6.07) is 8.90. The molecule has 0 radical (unpaired) electrons. The molecule has 2 aromatic carbocycles. The number of phenolic OH excluding ortho intramolecular Hbond substituents is 1. The molecule has 0 bridgehead atoms. The first kappa shape index (κ1) is 15.5. The Morgan fingerprint density at radius 1 is 0.957 bits per heavy atom. The molecule has 4 nitrogen and oxygen atoms in total. The minimum Gasteiger partial charge on any atom is -0.506 e. The van der Waals surface area contributed by atoms with E-state index in [9.17, 15) is 9.50 Å². The van der Waals surface area contributed by atoms with Gasteiger partial charge in [-0.2, -0.15) is 0 Å². The Balaban J connectivity index is 2.21. The van der Waals surface area contributed by atoms with E-state index in [-0.39, 0.29) is 21.6 Å². The molecule has 0 atom stereocenters. The van der Waals surface area contributed by atoms with Crippen molar-refractivity contribution < 1.29 is 9.50 Å². The second-order valence-corrected chi connectivity index (χ2v) is 5.60. The van der Waals surface area contributed by atoms with Gasteiger partial charge in [0.25, 0.3) is 0 Å². The van der Waals surface area contributed by atoms with Gasteiger partial charge in [-0.15, -0.1) is 0 Å². The monoisotopic (exact) mass is 349 g/mol. The molecule has 23 heavy (non-hydrogen) atoms. The van der Waals surface area contributed by atoms with Crippen molar-refractivity contribution in [2.24, 2.45) is 0 Å². The summed E-state index contributed by atoms with van der Waals surface area (Å²) in [5.41, 5.74) is 7.85. The van der Waals surface area contributed by atoms with Crippen molar-refractivity contribution >= 4 is 29.0 Å². The third-order valence-corrected chi connectivity index (χ3v) is 3.80. The van der Waals surface area contributed by atoms with E-state index in [0.29, 0.717) is 22.5 Å². The maximum atomic E-state index is 13.4. The number of hydrogen-bond acceptors (Lipinski definition) is 4. The molecule has 0 saturated heterocycles. The number of nitrogens with two attached hydrogens (primary N) is 1. The normalized spacial score (nSPS) is 10.7. The molecule has 7 heteroatoms. The third kappa shape index (κ3) is 3.06. The molecule has 0 aliphatic carbocycles. The number of benzene rings is 2. The van der Waals surface area contributed by atoms with Gasteiger partial charge >= 0.3 is 0 Å². The summed E-state index contributed by atoms with van der Waals surface area (Å²) in [5.74, 6) is -0.347. The first-order chi connectivity index (χ1) is 11.0. The fourth-order valence-corrected chi connectivity index (χ4v) is 2.47. The third-order valence-electron chi connectivity index (χ3n) is 3.21. The molecule has 3 aromatic rings. The average Bonchev–Trinajstić information content (AvgIpc) is 2.53. The predicted molar refractivity (Wildman–Crippen MR) is 89.0 cm³/mol. The van der Waals surface area contributed by atoms with Crippen molar-refractivity contribution in [1.82, 2.24) is 9.97 Å². The van der Waals surface area contributed by atoms with Gasteiger partial charge in [0, 0.05) is 11.1 Å². The molecule has 0 aliphatic heterocycles. The Kier molecular flexibility index (Phi) is 4.07. The van der Waals surface area contributed by atoms with Gasteiger partial charge in [0.15, 0.2) is 0 Å². The standard InChI is InChI=1S/C16H10Cl2FN3O/c17-10-5-9(1-3-12(10)19)16-15(21-7-14(20)22-16)8-2-4-13(23)11(18)6-8/h1-7,23H,(H2,20,22). The largest absolute Gasteiger partial charge is 0.506 e. The van der Waals surface area contributed by atoms with Crippen molar-refractivity contribution in [3.05, 3.63) is 58.5 Å². The van der Waals surface area contributed by atoms with E-state index < -0.39 is 5.82 Å². The SMILES string of the molecule is Nc1cnc(-c2ccc(O)c(Cl)c2)c(-c2ccc(F)c(Cl)c2)n1. The number of anilines is 1. The highest BCUT2D eigenvalue weighted by molar-refractivity contribution is 6.32. The van der Waals surface area contributed by atoms with Gasteiger partial charge in [-0.1, -0.05) is 23.2 Å². The molecule has 0 unspecified atom stereocenters. The Hall–Kier alpha value is -2.37. The van der Waals surface area contributed by atoms with Crippen molar-refractivity contribution in [3.63, 3.8) is 0 Å². The highest BCUT2D eigenvalue weighted by atomic mass is 35.5. The molecule has 1 heterocycles. The summed E-state index contributed by atoms with van der Waals surface area (Å²) in [5, 5.41) is 9.70. The molecule has 0 aliphatic rings. The summed E-state index contributed by atoms with van der Waals surface area (Å²) in [6.07, 6.45) is 1.41. The van der Waals surface area contributed by atoms with Crippen LogP contribution in [0.2, 0.25) is 10.0 Å². The van der Waals surface area contributed by atoms with E-state index >= 15 is 0 Å². The zero-order valence-electron chi connectivity index (χ0n) is 11.6. The molecule has 1 aromatic heterocycles. The van der Waals surface area contributed by atoms with E-state index in [2.05, 4.69) is 9.97 Å². The first-order valence-electron chi connectivity index (χ1n) is 6.52. The topological polar surface area (TPSA) is 72.0 Å². The molecule has 116 valence electrons. The summed E-state index contributed by atoms with van der Waals surface area (Å²) >= 11 is 11.8. The number of halogens is 3. The molecule has 0 amide bonds. The maximum Gasteiger partial charge on any atom is 0.142 e. The number of phenols is 1. The summed E-state index contributed by atoms with van der Waals surface area (Å²) in [6.45, 7) is 0. The highest BCUT2D eigenvalue weighted by Crippen LogP contribution is 2.34. The summed E-state index contributed by atoms with van der Waals surface area (Å²) in [7, 11) is 0. The van der Waals surface area contributed by atoms with Crippen LogP contribution in [0.5, 0.6) is 5.75 Å². The Labute approximate surface area is 141 Å². The van der Waals surface area contributed by atoms with Gasteiger partial charge in [-0.25, -0.2) is 9.37 Å². The predicted octanol–water partition coefficient (Wildman–Crippen LogP) is 4.54. The van der Waals surface area contributed by atoms with E-state index in [0.717, 1.165) is 0 Å². The minimum absolute atomic E-state index is 0.0265. The Bertz CT molecular complexity index is 902. The lowest BCUT2D eigenvalue weighted by Gasteiger charge is -2.10. The Morgan fingerprint density at radius 3 is 2.30 bits per heavy atom. The van der Waals surface area contributed by atoms with Crippen LogP contribution in [0, 0.1) is 5.82 Å². The highest BCUT2D eigenvalue weighted by Gasteiger charge is 2.14. The molecule has 0 saturated carbocycles. The first-order valence-corrected chi connectivity index (χ1v) is 7.28. The van der Waals surface area contributed by atoms with Gasteiger partial charge in [0.05, 0.1) is 27.6 Å². The average molecular weight is 350 g/mol. The van der Waals surface area contributed by atoms with Crippen molar-refractivity contribution in [3.8, 4) is 28.3 Å². The lowest BCUT2D eigenvalue weighted by molar-refractivity contribution is 0.475. The lowest BCUT2D eigenvalue weighted by Crippen LogP contribution is -1.98. The number of aromatic nitrogens is 2. The van der Waals surface area contributed by atoms with Crippen molar-refractivity contribution in [1.29, 1.82) is 0 Å². The number of aromatic hydroxyl groups is 1. The van der Waals surface area contributed by atoms with Crippen LogP contribution in [0.25, 0.3) is 22.5 Å². The summed E-state index contributed by atoms with van der Waals surface area (Å²) in [4.78, 5) is 8.55. The number of nitrogen functional groups attached to an aromatic ring is 1. The summed E-state index contributed by atoms with van der Waals surface area (Å²) < 4.78 is 13.4. The zero-order chi connectivity index (χ0) is 16.6. The molecule has 0 spiro atoms. The maximum absolute atomic E-state index is 13.4. The van der Waals surface area contributed by atoms with E-state index in [1.807, 2.05) is 0 Å². The van der Waals surface area contributed by atoms with Gasteiger partial charge in [-0.3, -0.25) is 4.98 Å². The van der Waals surface area contributed by atoms with Crippen molar-refractivity contribution in [2.75, 3.05) is 5.73 Å². The fraction of sp³-hybridized carbons (Fsp3) is 0. The van der Waals surface area contributed by atoms with Gasteiger partial charge < -0.3 is 10.8 Å². The number of rotatable bonds is 2. The quantitative estimate of drug-likeness (QED) is 0.712. The van der Waals surface area contributed by atoms with Crippen LogP contribution in [0.3, 0.4) is 0 Å². The molecule has 3 N–H and O–H groups in total. The van der Waals surface area contributed by atoms with Crippen LogP contribution in [-0.2, 0) is 0 Å². The fourth-order valence-electron chi connectivity index (χ4n) is 2.11. The van der Waals surface area contributed by atoms with Gasteiger partial charge in [0.2, 0.25) is 0 Å². The Morgan fingerprint density at radius 2 is 1.61 bits per heavy atom. The van der Waals surface area contributed by atoms with Crippen LogP contribution >= 0.6 is 23.2 Å². The van der Waals surface area contributed by atoms with Crippen LogP contribution in [-0.4, -0.2) is 15.1 Å². The van der Waals surface area contributed by atoms with Gasteiger partial charge in [0.1, 0.15) is 17.4 Å². The molecule has 0 fully saturated rings. The van der Waals surface area contributed by atoms with Crippen LogP contribution in [0.15, 0.2) is 42.6 Å². The van der Waals surface area contributed by atoms with Crippen LogP contribution in [0.4, 0.5) is 10.2 Å². The molecular formula is C16H10Cl2FN3O. The smallest absolute Gasteiger partial charge is 0.142 e. The second kappa shape index (κ2) is 6.02. The van der Waals surface area contributed by atoms with E-state index in [4.69, 9.17) is 28.9 Å². The van der Waals surface area contributed by atoms with E-state index in [1.54, 1.807) is 12.1 Å². The van der Waals surface area contributed by atoms with E-state index in [1.165, 1.54) is 30.5 Å². The van der Waals surface area contributed by atoms with Gasteiger partial charge in [-0.05, 0) is 36.4 Å². The lowest BCUT2D eigenvalue weighted by atomic mass is 10.0. The van der Waals surface area contributed by atoms with Crippen LogP contribution < -0.4 is 5.73 Å². The minimum atomic E-state index is -0.526. The molecular weight excluding hydrogens is 340 g/mol. The molecule has 3 rings (SSSR count). The number of hydrogen-bond donors (Lipinski definition) is 2. The van der Waals surface area contributed by atoms with Crippen molar-refractivity contribution in [2.45, 2.75) is 0 Å². The second-order valence-electron chi connectivity index (χ2n) is 4.79. The zero-order valence-corrected chi connectivity index (χ0v) is 13.1. The number of nitrogens with zero attached hydrogens (tertiary/aromatic N) is 2. The van der Waals surface area contributed by atoms with Crippen LogP contribution in [0.1, 0.15) is 0 Å².